The molecule has 1 fully saturated rings. The van der Waals surface area contributed by atoms with Gasteiger partial charge >= 0.3 is 6.18 Å². The fourth-order valence-electron chi connectivity index (χ4n) is 3.02. The predicted molar refractivity (Wildman–Crippen MR) is 98.4 cm³/mol. The Morgan fingerprint density at radius 2 is 1.78 bits per heavy atom. The van der Waals surface area contributed by atoms with Gasteiger partial charge in [-0.25, -0.2) is 0 Å². The van der Waals surface area contributed by atoms with Gasteiger partial charge in [-0.3, -0.25) is 9.59 Å². The van der Waals surface area contributed by atoms with Crippen molar-refractivity contribution in [2.45, 2.75) is 19.1 Å². The van der Waals surface area contributed by atoms with E-state index in [2.05, 4.69) is 15.9 Å². The number of piperazine rings is 1. The number of nitrogens with zero attached hydrogens (tertiary/aromatic N) is 2. The number of carbonyl (C=O) groups excluding carboxylic acids is 2. The highest BCUT2D eigenvalue weighted by molar-refractivity contribution is 9.10. The number of anilines is 1. The predicted octanol–water partition coefficient (Wildman–Crippen LogP) is 4.35. The molecule has 8 heteroatoms. The molecule has 0 unspecified atom stereocenters. The Morgan fingerprint density at radius 1 is 1.11 bits per heavy atom. The zero-order valence-electron chi connectivity index (χ0n) is 14.3. The van der Waals surface area contributed by atoms with Crippen molar-refractivity contribution in [3.63, 3.8) is 0 Å². The van der Waals surface area contributed by atoms with Crippen LogP contribution >= 0.6 is 15.9 Å². The highest BCUT2D eigenvalue weighted by Gasteiger charge is 2.36. The summed E-state index contributed by atoms with van der Waals surface area (Å²) in [5.74, 6) is -0.696. The summed E-state index contributed by atoms with van der Waals surface area (Å²) in [7, 11) is 0. The number of amides is 2. The number of carbonyl (C=O) groups is 2. The summed E-state index contributed by atoms with van der Waals surface area (Å²) < 4.78 is 38.9. The Bertz CT molecular complexity index is 868. The summed E-state index contributed by atoms with van der Waals surface area (Å²) >= 11 is 3.37. The summed E-state index contributed by atoms with van der Waals surface area (Å²) in [6.07, 6.45) is -4.46. The van der Waals surface area contributed by atoms with E-state index in [1.165, 1.54) is 4.90 Å². The van der Waals surface area contributed by atoms with Crippen molar-refractivity contribution in [1.29, 1.82) is 0 Å². The third kappa shape index (κ3) is 4.00. The Labute approximate surface area is 162 Å². The topological polar surface area (TPSA) is 40.6 Å². The van der Waals surface area contributed by atoms with Crippen molar-refractivity contribution in [3.8, 4) is 0 Å². The Kier molecular flexibility index (Phi) is 5.28. The van der Waals surface area contributed by atoms with E-state index in [0.717, 1.165) is 34.4 Å². The second-order valence-electron chi connectivity index (χ2n) is 6.22. The molecular formula is C19H16BrF3N2O2. The van der Waals surface area contributed by atoms with Gasteiger partial charge in [0, 0.05) is 28.8 Å². The number of alkyl halides is 3. The van der Waals surface area contributed by atoms with Crippen LogP contribution in [-0.4, -0.2) is 35.8 Å². The summed E-state index contributed by atoms with van der Waals surface area (Å²) in [6, 6.07) is 10.6. The van der Waals surface area contributed by atoms with Crippen LogP contribution in [0.15, 0.2) is 53.0 Å². The summed E-state index contributed by atoms with van der Waals surface area (Å²) in [4.78, 5) is 28.4. The lowest BCUT2D eigenvalue weighted by atomic mass is 10.1. The van der Waals surface area contributed by atoms with Crippen molar-refractivity contribution < 1.29 is 22.8 Å². The first kappa shape index (κ1) is 19.4. The van der Waals surface area contributed by atoms with E-state index in [-0.39, 0.29) is 11.5 Å². The maximum absolute atomic E-state index is 12.7. The van der Waals surface area contributed by atoms with Gasteiger partial charge in [0.1, 0.15) is 6.04 Å². The number of hydrogen-bond acceptors (Lipinski definition) is 2. The molecule has 1 heterocycles. The monoisotopic (exact) mass is 440 g/mol. The zero-order chi connectivity index (χ0) is 19.8. The molecule has 1 aliphatic rings. The number of hydrogen-bond donors (Lipinski definition) is 0. The largest absolute Gasteiger partial charge is 0.416 e. The molecule has 4 nitrogen and oxygen atoms in total. The SMILES string of the molecule is C[C@@H]1C(=O)N(c2cccc(Br)c2)CCN1C(=O)c1ccc(C(F)(F)F)cc1. The molecule has 2 aromatic carbocycles. The molecule has 0 aromatic heterocycles. The van der Waals surface area contributed by atoms with Crippen LogP contribution in [-0.2, 0) is 11.0 Å². The molecule has 27 heavy (non-hydrogen) atoms. The van der Waals surface area contributed by atoms with Gasteiger partial charge in [0.2, 0.25) is 5.91 Å². The van der Waals surface area contributed by atoms with Crippen LogP contribution in [0.25, 0.3) is 0 Å². The van der Waals surface area contributed by atoms with Gasteiger partial charge in [0.05, 0.1) is 5.56 Å². The molecule has 0 aliphatic carbocycles. The molecule has 0 spiro atoms. The van der Waals surface area contributed by atoms with Gasteiger partial charge in [0.25, 0.3) is 5.91 Å². The van der Waals surface area contributed by atoms with Gasteiger partial charge in [-0.05, 0) is 49.4 Å². The first-order valence-corrected chi connectivity index (χ1v) is 9.03. The summed E-state index contributed by atoms with van der Waals surface area (Å²) in [5, 5.41) is 0. The van der Waals surface area contributed by atoms with Crippen LogP contribution < -0.4 is 4.90 Å². The van der Waals surface area contributed by atoms with Gasteiger partial charge in [-0.1, -0.05) is 22.0 Å². The average molecular weight is 441 g/mol. The minimum atomic E-state index is -4.46. The lowest BCUT2D eigenvalue weighted by Gasteiger charge is -2.39. The lowest BCUT2D eigenvalue weighted by molar-refractivity contribution is -0.137. The van der Waals surface area contributed by atoms with Crippen LogP contribution in [0.4, 0.5) is 18.9 Å². The second-order valence-corrected chi connectivity index (χ2v) is 7.14. The zero-order valence-corrected chi connectivity index (χ0v) is 15.9. The Balaban J connectivity index is 1.77. The quantitative estimate of drug-likeness (QED) is 0.696. The van der Waals surface area contributed by atoms with Crippen LogP contribution in [0.5, 0.6) is 0 Å². The van der Waals surface area contributed by atoms with Gasteiger partial charge in [-0.15, -0.1) is 0 Å². The molecule has 1 saturated heterocycles. The maximum Gasteiger partial charge on any atom is 0.416 e. The van der Waals surface area contributed by atoms with Crippen molar-refractivity contribution in [2.75, 3.05) is 18.0 Å². The van der Waals surface area contributed by atoms with Crippen molar-refractivity contribution in [2.24, 2.45) is 0 Å². The van der Waals surface area contributed by atoms with E-state index in [9.17, 15) is 22.8 Å². The highest BCUT2D eigenvalue weighted by Crippen LogP contribution is 2.30. The third-order valence-electron chi connectivity index (χ3n) is 4.50. The maximum atomic E-state index is 12.7. The summed E-state index contributed by atoms with van der Waals surface area (Å²) in [5.41, 5.74) is 0.0315. The molecule has 0 radical (unpaired) electrons. The first-order valence-electron chi connectivity index (χ1n) is 8.23. The molecular weight excluding hydrogens is 425 g/mol. The number of benzene rings is 2. The molecule has 1 aliphatic heterocycles. The fourth-order valence-corrected chi connectivity index (χ4v) is 3.40. The number of rotatable bonds is 2. The average Bonchev–Trinajstić information content (AvgIpc) is 2.63. The minimum absolute atomic E-state index is 0.124. The molecule has 3 rings (SSSR count). The van der Waals surface area contributed by atoms with E-state index in [1.54, 1.807) is 11.8 Å². The lowest BCUT2D eigenvalue weighted by Crippen LogP contribution is -2.57. The van der Waals surface area contributed by atoms with E-state index in [1.807, 2.05) is 24.3 Å². The van der Waals surface area contributed by atoms with Crippen LogP contribution in [0.1, 0.15) is 22.8 Å². The Hall–Kier alpha value is -2.35. The molecule has 2 amide bonds. The van der Waals surface area contributed by atoms with Gasteiger partial charge in [-0.2, -0.15) is 13.2 Å². The molecule has 2 aromatic rings. The van der Waals surface area contributed by atoms with E-state index in [4.69, 9.17) is 0 Å². The van der Waals surface area contributed by atoms with Crippen LogP contribution in [0.2, 0.25) is 0 Å². The smallest absolute Gasteiger partial charge is 0.325 e. The Morgan fingerprint density at radius 3 is 2.37 bits per heavy atom. The van der Waals surface area contributed by atoms with E-state index < -0.39 is 23.7 Å². The highest BCUT2D eigenvalue weighted by atomic mass is 79.9. The van der Waals surface area contributed by atoms with E-state index >= 15 is 0 Å². The second kappa shape index (κ2) is 7.34. The van der Waals surface area contributed by atoms with Gasteiger partial charge in [0.15, 0.2) is 0 Å². The van der Waals surface area contributed by atoms with Crippen LogP contribution in [0, 0.1) is 0 Å². The molecule has 1 atom stereocenters. The molecule has 0 N–H and O–H groups in total. The fraction of sp³-hybridized carbons (Fsp3) is 0.263. The molecule has 0 bridgehead atoms. The third-order valence-corrected chi connectivity index (χ3v) is 4.99. The molecule has 142 valence electrons. The normalized spacial score (nSPS) is 18.0. The van der Waals surface area contributed by atoms with Crippen LogP contribution in [0.3, 0.4) is 0 Å². The first-order chi connectivity index (χ1) is 12.7. The number of halogens is 4. The van der Waals surface area contributed by atoms with Crippen molar-refractivity contribution >= 4 is 33.4 Å². The standard InChI is InChI=1S/C19H16BrF3N2O2/c1-12-17(26)25(16-4-2-3-15(20)11-16)10-9-24(12)18(27)13-5-7-14(8-6-13)19(21,22)23/h2-8,11-12H,9-10H2,1H3/t12-/m1/s1. The summed E-state index contributed by atoms with van der Waals surface area (Å²) in [6.45, 7) is 2.22. The van der Waals surface area contributed by atoms with E-state index in [0.29, 0.717) is 13.1 Å². The molecule has 0 saturated carbocycles. The van der Waals surface area contributed by atoms with Crippen molar-refractivity contribution in [1.82, 2.24) is 4.90 Å². The minimum Gasteiger partial charge on any atom is -0.325 e. The van der Waals surface area contributed by atoms with Crippen molar-refractivity contribution in [3.05, 3.63) is 64.1 Å². The van der Waals surface area contributed by atoms with Gasteiger partial charge < -0.3 is 9.80 Å².